The molecule has 7 nitrogen and oxygen atoms in total. The average Bonchev–Trinajstić information content (AvgIpc) is 2.57. The topological polar surface area (TPSA) is 118 Å². The van der Waals surface area contributed by atoms with Gasteiger partial charge in [-0.25, -0.2) is 4.98 Å². The quantitative estimate of drug-likeness (QED) is 0.560. The fraction of sp³-hybridized carbons (Fsp3) is 0.267. The Labute approximate surface area is 137 Å². The Morgan fingerprint density at radius 2 is 2.04 bits per heavy atom. The van der Waals surface area contributed by atoms with Gasteiger partial charge in [0.25, 0.3) is 5.56 Å². The van der Waals surface area contributed by atoms with Gasteiger partial charge in [0.15, 0.2) is 11.0 Å². The summed E-state index contributed by atoms with van der Waals surface area (Å²) in [5.41, 5.74) is 12.9. The van der Waals surface area contributed by atoms with Crippen LogP contribution in [-0.4, -0.2) is 33.1 Å². The number of nitrogens with zero attached hydrogens (tertiary/aromatic N) is 2. The van der Waals surface area contributed by atoms with Crippen LogP contribution in [0.4, 0.5) is 11.5 Å². The number of hydrogen-bond donors (Lipinski definition) is 3. The number of benzene rings is 1. The largest absolute Gasteiger partial charge is 0.391 e. The molecule has 0 saturated carbocycles. The normalized spacial score (nSPS) is 13.7. The Balaban J connectivity index is 1.63. The first kappa shape index (κ1) is 15.4. The molecule has 0 radical (unpaired) electrons. The van der Waals surface area contributed by atoms with Gasteiger partial charge < -0.3 is 16.4 Å². The van der Waals surface area contributed by atoms with Gasteiger partial charge in [0.1, 0.15) is 5.69 Å². The lowest BCUT2D eigenvalue weighted by atomic mass is 10.00. The molecule has 0 saturated heterocycles. The Morgan fingerprint density at radius 3 is 2.78 bits per heavy atom. The molecule has 0 atom stereocenters. The van der Waals surface area contributed by atoms with Gasteiger partial charge in [-0.2, -0.15) is 0 Å². The molecule has 3 rings (SSSR count). The van der Waals surface area contributed by atoms with E-state index in [1.54, 1.807) is 0 Å². The van der Waals surface area contributed by atoms with E-state index in [4.69, 9.17) is 11.5 Å². The molecule has 2 heterocycles. The molecule has 0 spiro atoms. The molecule has 1 aliphatic rings. The third kappa shape index (κ3) is 3.31. The predicted octanol–water partition coefficient (Wildman–Crippen LogP) is 0.611. The number of anilines is 2. The molecular weight excluding hydrogens is 314 g/mol. The van der Waals surface area contributed by atoms with Crippen molar-refractivity contribution in [1.82, 2.24) is 14.9 Å². The standard InChI is InChI=1S/C15H17N5O2S/c16-12-13(17)18-15(19-14(12)22)23-8-11(21)20-6-5-9-3-1-2-4-10(9)7-20/h1-4H,5-8,16H2,(H3,17,18,19,22). The van der Waals surface area contributed by atoms with Crippen LogP contribution < -0.4 is 17.0 Å². The summed E-state index contributed by atoms with van der Waals surface area (Å²) in [5, 5.41) is 0.299. The van der Waals surface area contributed by atoms with Crippen LogP contribution in [0.15, 0.2) is 34.2 Å². The van der Waals surface area contributed by atoms with E-state index in [1.807, 2.05) is 23.1 Å². The summed E-state index contributed by atoms with van der Waals surface area (Å²) < 4.78 is 0. The second-order valence-electron chi connectivity index (χ2n) is 5.29. The Kier molecular flexibility index (Phi) is 4.24. The fourth-order valence-corrected chi connectivity index (χ4v) is 3.25. The van der Waals surface area contributed by atoms with Crippen LogP contribution in [0.5, 0.6) is 0 Å². The SMILES string of the molecule is Nc1nc(SCC(=O)N2CCc3ccccc3C2)[nH]c(=O)c1N. The first-order chi connectivity index (χ1) is 11.0. The van der Waals surface area contributed by atoms with E-state index < -0.39 is 5.56 Å². The second-order valence-corrected chi connectivity index (χ2v) is 6.26. The first-order valence-corrected chi connectivity index (χ1v) is 8.16. The van der Waals surface area contributed by atoms with Gasteiger partial charge in [-0.1, -0.05) is 36.0 Å². The second kappa shape index (κ2) is 6.33. The molecule has 0 fully saturated rings. The van der Waals surface area contributed by atoms with Crippen molar-refractivity contribution in [2.75, 3.05) is 23.8 Å². The maximum absolute atomic E-state index is 12.3. The summed E-state index contributed by atoms with van der Waals surface area (Å²) in [6.07, 6.45) is 0.858. The number of fused-ring (bicyclic) bond motifs is 1. The van der Waals surface area contributed by atoms with Gasteiger partial charge in [0, 0.05) is 13.1 Å². The molecule has 0 bridgehead atoms. The maximum atomic E-state index is 12.3. The van der Waals surface area contributed by atoms with Gasteiger partial charge in [-0.05, 0) is 17.5 Å². The molecule has 120 valence electrons. The van der Waals surface area contributed by atoms with E-state index in [9.17, 15) is 9.59 Å². The number of aromatic amines is 1. The van der Waals surface area contributed by atoms with Crippen molar-refractivity contribution in [3.63, 3.8) is 0 Å². The van der Waals surface area contributed by atoms with Gasteiger partial charge in [-0.15, -0.1) is 0 Å². The number of nitrogens with two attached hydrogens (primary N) is 2. The van der Waals surface area contributed by atoms with E-state index in [-0.39, 0.29) is 23.2 Å². The summed E-state index contributed by atoms with van der Waals surface area (Å²) in [5.74, 6) is 0.173. The molecule has 1 amide bonds. The van der Waals surface area contributed by atoms with Gasteiger partial charge >= 0.3 is 0 Å². The fourth-order valence-electron chi connectivity index (χ4n) is 2.48. The number of H-pyrrole nitrogens is 1. The number of amides is 1. The molecule has 2 aromatic rings. The van der Waals surface area contributed by atoms with Crippen molar-refractivity contribution >= 4 is 29.2 Å². The highest BCUT2D eigenvalue weighted by Crippen LogP contribution is 2.21. The minimum absolute atomic E-state index is 0.00236. The summed E-state index contributed by atoms with van der Waals surface area (Å²) in [6, 6.07) is 8.13. The van der Waals surface area contributed by atoms with Crippen LogP contribution in [0.25, 0.3) is 0 Å². The van der Waals surface area contributed by atoms with Crippen LogP contribution in [0.3, 0.4) is 0 Å². The van der Waals surface area contributed by atoms with Crippen LogP contribution in [-0.2, 0) is 17.8 Å². The lowest BCUT2D eigenvalue weighted by molar-refractivity contribution is -0.129. The van der Waals surface area contributed by atoms with Gasteiger partial charge in [0.2, 0.25) is 5.91 Å². The number of carbonyl (C=O) groups is 1. The minimum Gasteiger partial charge on any atom is -0.391 e. The molecule has 23 heavy (non-hydrogen) atoms. The van der Waals surface area contributed by atoms with Crippen LogP contribution in [0, 0.1) is 0 Å². The molecule has 1 aromatic carbocycles. The Bertz CT molecular complexity index is 805. The van der Waals surface area contributed by atoms with Crippen LogP contribution >= 0.6 is 11.8 Å². The zero-order valence-corrected chi connectivity index (χ0v) is 13.2. The molecule has 1 aromatic heterocycles. The van der Waals surface area contributed by atoms with Crippen molar-refractivity contribution in [3.05, 3.63) is 45.7 Å². The Morgan fingerprint density at radius 1 is 1.30 bits per heavy atom. The summed E-state index contributed by atoms with van der Waals surface area (Å²) in [6.45, 7) is 1.31. The van der Waals surface area contributed by atoms with Crippen molar-refractivity contribution in [1.29, 1.82) is 0 Å². The summed E-state index contributed by atoms with van der Waals surface area (Å²) in [7, 11) is 0. The molecule has 0 unspecified atom stereocenters. The first-order valence-electron chi connectivity index (χ1n) is 7.17. The number of nitrogen functional groups attached to an aromatic ring is 2. The molecular formula is C15H17N5O2S. The summed E-state index contributed by atoms with van der Waals surface area (Å²) in [4.78, 5) is 32.2. The summed E-state index contributed by atoms with van der Waals surface area (Å²) >= 11 is 1.15. The van der Waals surface area contributed by atoms with Crippen molar-refractivity contribution in [2.24, 2.45) is 0 Å². The van der Waals surface area contributed by atoms with Crippen LogP contribution in [0.2, 0.25) is 0 Å². The zero-order valence-electron chi connectivity index (χ0n) is 12.4. The van der Waals surface area contributed by atoms with Gasteiger partial charge in [-0.3, -0.25) is 14.6 Å². The number of hydrogen-bond acceptors (Lipinski definition) is 6. The number of carbonyl (C=O) groups excluding carboxylic acids is 1. The molecule has 1 aliphatic heterocycles. The number of rotatable bonds is 3. The van der Waals surface area contributed by atoms with E-state index in [0.29, 0.717) is 18.2 Å². The smallest absolute Gasteiger partial charge is 0.276 e. The molecule has 5 N–H and O–H groups in total. The van der Waals surface area contributed by atoms with Crippen LogP contribution in [0.1, 0.15) is 11.1 Å². The number of nitrogens with one attached hydrogen (secondary N) is 1. The molecule has 0 aliphatic carbocycles. The number of thioether (sulfide) groups is 1. The highest BCUT2D eigenvalue weighted by atomic mass is 32.2. The van der Waals surface area contributed by atoms with E-state index in [2.05, 4.69) is 16.0 Å². The maximum Gasteiger partial charge on any atom is 0.276 e. The highest BCUT2D eigenvalue weighted by Gasteiger charge is 2.20. The van der Waals surface area contributed by atoms with E-state index >= 15 is 0 Å². The van der Waals surface area contributed by atoms with Crippen molar-refractivity contribution < 1.29 is 4.79 Å². The van der Waals surface area contributed by atoms with Crippen molar-refractivity contribution in [3.8, 4) is 0 Å². The van der Waals surface area contributed by atoms with E-state index in [1.165, 1.54) is 11.1 Å². The zero-order chi connectivity index (χ0) is 16.4. The highest BCUT2D eigenvalue weighted by molar-refractivity contribution is 7.99. The third-order valence-corrected chi connectivity index (χ3v) is 4.64. The monoisotopic (exact) mass is 331 g/mol. The number of aromatic nitrogens is 2. The lowest BCUT2D eigenvalue weighted by Gasteiger charge is -2.28. The van der Waals surface area contributed by atoms with Gasteiger partial charge in [0.05, 0.1) is 5.75 Å². The average molecular weight is 331 g/mol. The van der Waals surface area contributed by atoms with Crippen molar-refractivity contribution in [2.45, 2.75) is 18.1 Å². The molecule has 8 heteroatoms. The Hall–Kier alpha value is -2.48. The van der Waals surface area contributed by atoms with E-state index in [0.717, 1.165) is 18.2 Å². The lowest BCUT2D eigenvalue weighted by Crippen LogP contribution is -2.37. The third-order valence-electron chi connectivity index (χ3n) is 3.78. The minimum atomic E-state index is -0.487. The predicted molar refractivity (Wildman–Crippen MR) is 90.0 cm³/mol.